The first-order valence-electron chi connectivity index (χ1n) is 5.39. The molecule has 0 amide bonds. The standard InChI is InChI=1S/C11H14O5/c1-6-7(10(14)15-9(6)13)5-11(2)4-3-8(12)16-11/h6-7H,3-5H2,1-2H3. The van der Waals surface area contributed by atoms with E-state index in [-0.39, 0.29) is 5.97 Å². The van der Waals surface area contributed by atoms with Gasteiger partial charge in [-0.05, 0) is 13.3 Å². The van der Waals surface area contributed by atoms with E-state index in [0.717, 1.165) is 0 Å². The second kappa shape index (κ2) is 3.57. The van der Waals surface area contributed by atoms with Gasteiger partial charge in [0, 0.05) is 12.8 Å². The molecule has 0 aliphatic carbocycles. The molecule has 2 rings (SSSR count). The highest BCUT2D eigenvalue weighted by molar-refractivity contribution is 5.96. The summed E-state index contributed by atoms with van der Waals surface area (Å²) in [5.41, 5.74) is -0.625. The fraction of sp³-hybridized carbons (Fsp3) is 0.727. The van der Waals surface area contributed by atoms with Crippen LogP contribution in [0.1, 0.15) is 33.1 Å². The van der Waals surface area contributed by atoms with Gasteiger partial charge in [-0.3, -0.25) is 14.4 Å². The van der Waals surface area contributed by atoms with Gasteiger partial charge in [-0.25, -0.2) is 0 Å². The highest BCUT2D eigenvalue weighted by Gasteiger charge is 2.47. The molecule has 3 unspecified atom stereocenters. The van der Waals surface area contributed by atoms with Gasteiger partial charge < -0.3 is 9.47 Å². The summed E-state index contributed by atoms with van der Waals surface area (Å²) in [7, 11) is 0. The summed E-state index contributed by atoms with van der Waals surface area (Å²) in [6.07, 6.45) is 1.33. The molecule has 0 saturated carbocycles. The maximum absolute atomic E-state index is 11.4. The van der Waals surface area contributed by atoms with Gasteiger partial charge in [-0.1, -0.05) is 6.92 Å². The van der Waals surface area contributed by atoms with Crippen LogP contribution in [0, 0.1) is 11.8 Å². The summed E-state index contributed by atoms with van der Waals surface area (Å²) in [6.45, 7) is 3.46. The largest absolute Gasteiger partial charge is 0.459 e. The predicted molar refractivity (Wildman–Crippen MR) is 52.1 cm³/mol. The monoisotopic (exact) mass is 226 g/mol. The van der Waals surface area contributed by atoms with E-state index in [1.165, 1.54) is 0 Å². The zero-order valence-electron chi connectivity index (χ0n) is 9.32. The minimum atomic E-state index is -0.625. The Hall–Kier alpha value is -1.39. The predicted octanol–water partition coefficient (Wildman–Crippen LogP) is 0.808. The average molecular weight is 226 g/mol. The first kappa shape index (κ1) is 11.1. The van der Waals surface area contributed by atoms with Crippen LogP contribution in [0.15, 0.2) is 0 Å². The highest BCUT2D eigenvalue weighted by Crippen LogP contribution is 2.37. The summed E-state index contributed by atoms with van der Waals surface area (Å²) in [4.78, 5) is 33.7. The molecule has 0 aromatic carbocycles. The molecule has 2 fully saturated rings. The minimum absolute atomic E-state index is 0.243. The van der Waals surface area contributed by atoms with E-state index in [9.17, 15) is 14.4 Å². The van der Waals surface area contributed by atoms with Crippen LogP contribution in [0.2, 0.25) is 0 Å². The third-order valence-corrected chi connectivity index (χ3v) is 3.35. The second-order valence-corrected chi connectivity index (χ2v) is 4.76. The van der Waals surface area contributed by atoms with Crippen molar-refractivity contribution in [2.45, 2.75) is 38.7 Å². The third kappa shape index (κ3) is 1.81. The summed E-state index contributed by atoms with van der Waals surface area (Å²) >= 11 is 0. The van der Waals surface area contributed by atoms with Crippen molar-refractivity contribution < 1.29 is 23.9 Å². The van der Waals surface area contributed by atoms with Crippen LogP contribution in [0.3, 0.4) is 0 Å². The van der Waals surface area contributed by atoms with Crippen LogP contribution in [0.25, 0.3) is 0 Å². The lowest BCUT2D eigenvalue weighted by atomic mass is 9.84. The normalized spacial score (nSPS) is 38.8. The SMILES string of the molecule is CC1C(=O)OC(=O)C1CC1(C)CCC(=O)O1. The Kier molecular flexibility index (Phi) is 2.48. The molecule has 0 aromatic rings. The van der Waals surface area contributed by atoms with Gasteiger partial charge in [0.2, 0.25) is 0 Å². The smallest absolute Gasteiger partial charge is 0.317 e. The lowest BCUT2D eigenvalue weighted by Crippen LogP contribution is -2.31. The fourth-order valence-electron chi connectivity index (χ4n) is 2.25. The van der Waals surface area contributed by atoms with Gasteiger partial charge >= 0.3 is 17.9 Å². The van der Waals surface area contributed by atoms with Crippen LogP contribution < -0.4 is 0 Å². The number of carbonyl (C=O) groups is 3. The summed E-state index contributed by atoms with van der Waals surface area (Å²) in [5.74, 6) is -2.15. The quantitative estimate of drug-likeness (QED) is 0.514. The van der Waals surface area contributed by atoms with Gasteiger partial charge in [0.1, 0.15) is 5.60 Å². The molecule has 0 spiro atoms. The van der Waals surface area contributed by atoms with Gasteiger partial charge in [0.25, 0.3) is 0 Å². The molecular formula is C11H14O5. The Morgan fingerprint density at radius 1 is 1.31 bits per heavy atom. The molecule has 88 valence electrons. The first-order valence-corrected chi connectivity index (χ1v) is 5.39. The minimum Gasteiger partial charge on any atom is -0.459 e. The summed E-state index contributed by atoms with van der Waals surface area (Å²) in [5, 5.41) is 0. The molecule has 2 aliphatic heterocycles. The highest BCUT2D eigenvalue weighted by atomic mass is 16.6. The molecule has 3 atom stereocenters. The Morgan fingerprint density at radius 3 is 2.44 bits per heavy atom. The van der Waals surface area contributed by atoms with Crippen LogP contribution in [0.4, 0.5) is 0 Å². The van der Waals surface area contributed by atoms with Crippen LogP contribution >= 0.6 is 0 Å². The van der Waals surface area contributed by atoms with Gasteiger partial charge in [0.15, 0.2) is 0 Å². The van der Waals surface area contributed by atoms with E-state index in [1.807, 2.05) is 0 Å². The zero-order valence-corrected chi connectivity index (χ0v) is 9.32. The van der Waals surface area contributed by atoms with E-state index in [2.05, 4.69) is 4.74 Å². The molecule has 0 aromatic heterocycles. The maximum atomic E-state index is 11.4. The molecule has 0 bridgehead atoms. The Balaban J connectivity index is 2.07. The molecular weight excluding hydrogens is 212 g/mol. The van der Waals surface area contributed by atoms with E-state index >= 15 is 0 Å². The number of ether oxygens (including phenoxy) is 2. The van der Waals surface area contributed by atoms with Crippen molar-refractivity contribution in [2.75, 3.05) is 0 Å². The molecule has 5 nitrogen and oxygen atoms in total. The Bertz CT molecular complexity index is 361. The number of hydrogen-bond acceptors (Lipinski definition) is 5. The Labute approximate surface area is 93.1 Å². The van der Waals surface area contributed by atoms with Gasteiger partial charge in [-0.2, -0.15) is 0 Å². The fourth-order valence-corrected chi connectivity index (χ4v) is 2.25. The average Bonchev–Trinajstić information content (AvgIpc) is 2.63. The first-order chi connectivity index (χ1) is 7.41. The van der Waals surface area contributed by atoms with Crippen molar-refractivity contribution in [2.24, 2.45) is 11.8 Å². The molecule has 0 radical (unpaired) electrons. The number of hydrogen-bond donors (Lipinski definition) is 0. The van der Waals surface area contributed by atoms with Crippen molar-refractivity contribution >= 4 is 17.9 Å². The summed E-state index contributed by atoms with van der Waals surface area (Å²) < 4.78 is 9.73. The van der Waals surface area contributed by atoms with E-state index < -0.39 is 29.4 Å². The summed E-state index contributed by atoms with van der Waals surface area (Å²) in [6, 6.07) is 0. The van der Waals surface area contributed by atoms with Crippen LogP contribution in [-0.2, 0) is 23.9 Å². The third-order valence-electron chi connectivity index (χ3n) is 3.35. The topological polar surface area (TPSA) is 69.7 Å². The molecule has 16 heavy (non-hydrogen) atoms. The number of rotatable bonds is 2. The number of carbonyl (C=O) groups excluding carboxylic acids is 3. The van der Waals surface area contributed by atoms with Crippen molar-refractivity contribution in [3.8, 4) is 0 Å². The van der Waals surface area contributed by atoms with Crippen molar-refractivity contribution in [1.29, 1.82) is 0 Å². The Morgan fingerprint density at radius 2 is 2.00 bits per heavy atom. The van der Waals surface area contributed by atoms with E-state index in [4.69, 9.17) is 4.74 Å². The zero-order chi connectivity index (χ0) is 11.9. The van der Waals surface area contributed by atoms with Crippen molar-refractivity contribution in [1.82, 2.24) is 0 Å². The second-order valence-electron chi connectivity index (χ2n) is 4.76. The number of esters is 3. The van der Waals surface area contributed by atoms with Crippen molar-refractivity contribution in [3.05, 3.63) is 0 Å². The molecule has 2 heterocycles. The van der Waals surface area contributed by atoms with Gasteiger partial charge in [-0.15, -0.1) is 0 Å². The van der Waals surface area contributed by atoms with Crippen LogP contribution in [-0.4, -0.2) is 23.5 Å². The lowest BCUT2D eigenvalue weighted by Gasteiger charge is -2.25. The molecule has 0 N–H and O–H groups in total. The maximum Gasteiger partial charge on any atom is 0.317 e. The number of cyclic esters (lactones) is 3. The molecule has 2 aliphatic rings. The lowest BCUT2D eigenvalue weighted by molar-refractivity contribution is -0.156. The van der Waals surface area contributed by atoms with Crippen molar-refractivity contribution in [3.63, 3.8) is 0 Å². The molecule has 5 heteroatoms. The van der Waals surface area contributed by atoms with E-state index in [0.29, 0.717) is 19.3 Å². The van der Waals surface area contributed by atoms with Gasteiger partial charge in [0.05, 0.1) is 11.8 Å². The van der Waals surface area contributed by atoms with Crippen LogP contribution in [0.5, 0.6) is 0 Å². The van der Waals surface area contributed by atoms with E-state index in [1.54, 1.807) is 13.8 Å². The molecule has 2 saturated heterocycles.